The number of nitrogens with zero attached hydrogens (tertiary/aromatic N) is 2. The first-order valence-corrected chi connectivity index (χ1v) is 12.1. The molecule has 3 heterocycles. The summed E-state index contributed by atoms with van der Waals surface area (Å²) in [6.07, 6.45) is 10.4. The number of fused-ring (bicyclic) bond motifs is 1. The summed E-state index contributed by atoms with van der Waals surface area (Å²) < 4.78 is 0. The molecule has 0 aromatic heterocycles. The molecule has 2 N–H and O–H groups in total. The molecule has 2 amide bonds. The third kappa shape index (κ3) is 3.95. The number of carbonyl (C=O) groups is 2. The molecule has 3 aliphatic heterocycles. The zero-order valence-electron chi connectivity index (χ0n) is 18.0. The average molecular weight is 403 g/mol. The number of nitrogens with one attached hydrogen (secondary N) is 2. The van der Waals surface area contributed by atoms with Crippen LogP contribution in [0, 0.1) is 17.3 Å². The van der Waals surface area contributed by atoms with E-state index in [2.05, 4.69) is 17.6 Å². The molecular weight excluding hydrogens is 364 g/mol. The Kier molecular flexibility index (Phi) is 5.35. The van der Waals surface area contributed by atoms with Gasteiger partial charge in [0.1, 0.15) is 0 Å². The summed E-state index contributed by atoms with van der Waals surface area (Å²) in [6.45, 7) is 6.13. The van der Waals surface area contributed by atoms with Crippen molar-refractivity contribution in [3.05, 3.63) is 0 Å². The van der Waals surface area contributed by atoms with Gasteiger partial charge in [-0.25, -0.2) is 0 Å². The summed E-state index contributed by atoms with van der Waals surface area (Å²) in [5.41, 5.74) is -0.0910. The van der Waals surface area contributed by atoms with Crippen molar-refractivity contribution < 1.29 is 9.59 Å². The second kappa shape index (κ2) is 7.84. The van der Waals surface area contributed by atoms with E-state index in [0.29, 0.717) is 29.9 Å². The van der Waals surface area contributed by atoms with Gasteiger partial charge in [-0.3, -0.25) is 9.59 Å². The molecule has 2 aliphatic carbocycles. The Morgan fingerprint density at radius 1 is 0.793 bits per heavy atom. The number of hydrogen-bond donors (Lipinski definition) is 2. The Bertz CT molecular complexity index is 633. The third-order valence-corrected chi connectivity index (χ3v) is 8.65. The van der Waals surface area contributed by atoms with Crippen LogP contribution in [-0.4, -0.2) is 72.5 Å². The van der Waals surface area contributed by atoms with Crippen LogP contribution >= 0.6 is 0 Å². The van der Waals surface area contributed by atoms with E-state index in [0.717, 1.165) is 64.3 Å². The quantitative estimate of drug-likeness (QED) is 0.755. The lowest BCUT2D eigenvalue weighted by atomic mass is 9.75. The van der Waals surface area contributed by atoms with Gasteiger partial charge in [0.25, 0.3) is 0 Å². The highest BCUT2D eigenvalue weighted by molar-refractivity contribution is 5.85. The van der Waals surface area contributed by atoms with E-state index in [1.54, 1.807) is 0 Å². The van der Waals surface area contributed by atoms with Crippen LogP contribution in [0.3, 0.4) is 0 Å². The second-order valence-electron chi connectivity index (χ2n) is 10.6. The van der Waals surface area contributed by atoms with Crippen molar-refractivity contribution in [3.63, 3.8) is 0 Å². The molecule has 0 spiro atoms. The van der Waals surface area contributed by atoms with Crippen molar-refractivity contribution in [1.82, 2.24) is 20.4 Å². The minimum absolute atomic E-state index is 0.0910. The molecule has 162 valence electrons. The number of amides is 2. The fourth-order valence-electron chi connectivity index (χ4n) is 6.30. The van der Waals surface area contributed by atoms with Gasteiger partial charge in [-0.15, -0.1) is 0 Å². The molecule has 0 bridgehead atoms. The molecule has 5 rings (SSSR count). The molecule has 3 unspecified atom stereocenters. The van der Waals surface area contributed by atoms with Gasteiger partial charge < -0.3 is 20.4 Å². The molecule has 5 fully saturated rings. The molecule has 0 aromatic carbocycles. The van der Waals surface area contributed by atoms with Crippen LogP contribution in [0.1, 0.15) is 64.7 Å². The molecule has 0 aromatic rings. The lowest BCUT2D eigenvalue weighted by Gasteiger charge is -2.42. The van der Waals surface area contributed by atoms with Crippen LogP contribution in [0.15, 0.2) is 0 Å². The molecular formula is C23H38N4O2. The van der Waals surface area contributed by atoms with Gasteiger partial charge in [-0.05, 0) is 70.3 Å². The number of piperidine rings is 1. The Morgan fingerprint density at radius 3 is 2.14 bits per heavy atom. The number of piperazine rings is 1. The van der Waals surface area contributed by atoms with E-state index in [4.69, 9.17) is 0 Å². The van der Waals surface area contributed by atoms with Crippen molar-refractivity contribution in [3.8, 4) is 0 Å². The van der Waals surface area contributed by atoms with Gasteiger partial charge in [0.2, 0.25) is 11.8 Å². The molecule has 0 radical (unpaired) electrons. The monoisotopic (exact) mass is 402 g/mol. The van der Waals surface area contributed by atoms with Crippen molar-refractivity contribution >= 4 is 11.8 Å². The van der Waals surface area contributed by atoms with Crippen LogP contribution in [0.4, 0.5) is 0 Å². The predicted molar refractivity (Wildman–Crippen MR) is 112 cm³/mol. The smallest absolute Gasteiger partial charge is 0.228 e. The lowest BCUT2D eigenvalue weighted by molar-refractivity contribution is -0.145. The van der Waals surface area contributed by atoms with Crippen LogP contribution < -0.4 is 10.6 Å². The highest BCUT2D eigenvalue weighted by Crippen LogP contribution is 2.46. The molecule has 29 heavy (non-hydrogen) atoms. The molecule has 3 atom stereocenters. The maximum atomic E-state index is 13.1. The van der Waals surface area contributed by atoms with E-state index < -0.39 is 0 Å². The summed E-state index contributed by atoms with van der Waals surface area (Å²) in [5.74, 6) is 1.61. The van der Waals surface area contributed by atoms with Gasteiger partial charge in [0, 0.05) is 55.6 Å². The van der Waals surface area contributed by atoms with Crippen molar-refractivity contribution in [1.29, 1.82) is 0 Å². The highest BCUT2D eigenvalue weighted by Gasteiger charge is 2.47. The Morgan fingerprint density at radius 2 is 1.45 bits per heavy atom. The van der Waals surface area contributed by atoms with Crippen LogP contribution in [0.5, 0.6) is 0 Å². The zero-order chi connectivity index (χ0) is 20.0. The molecule has 5 aliphatic rings. The fraction of sp³-hybridized carbons (Fsp3) is 0.913. The number of hydrogen-bond acceptors (Lipinski definition) is 4. The summed E-state index contributed by atoms with van der Waals surface area (Å²) in [7, 11) is 0. The van der Waals surface area contributed by atoms with Gasteiger partial charge in [-0.2, -0.15) is 0 Å². The van der Waals surface area contributed by atoms with Crippen LogP contribution in [0.25, 0.3) is 0 Å². The van der Waals surface area contributed by atoms with Crippen molar-refractivity contribution in [2.24, 2.45) is 17.3 Å². The Balaban J connectivity index is 1.07. The molecule has 3 saturated heterocycles. The molecule has 2 saturated carbocycles. The largest absolute Gasteiger partial charge is 0.339 e. The third-order valence-electron chi connectivity index (χ3n) is 8.65. The first-order valence-electron chi connectivity index (χ1n) is 12.1. The first-order chi connectivity index (χ1) is 14.0. The fourth-order valence-corrected chi connectivity index (χ4v) is 6.30. The van der Waals surface area contributed by atoms with Gasteiger partial charge in [0.15, 0.2) is 0 Å². The highest BCUT2D eigenvalue weighted by atomic mass is 16.2. The van der Waals surface area contributed by atoms with E-state index in [1.807, 2.05) is 9.80 Å². The SMILES string of the molecule is CC1(C(=O)N2CCN(C(=O)C3CCC(C4CCC5NCCC5N4)CC3)CC2)CC1. The average Bonchev–Trinajstić information content (AvgIpc) is 3.34. The van der Waals surface area contributed by atoms with Gasteiger partial charge >= 0.3 is 0 Å². The first kappa shape index (κ1) is 19.8. The minimum atomic E-state index is -0.0910. The van der Waals surface area contributed by atoms with Crippen LogP contribution in [0.2, 0.25) is 0 Å². The summed E-state index contributed by atoms with van der Waals surface area (Å²) >= 11 is 0. The minimum Gasteiger partial charge on any atom is -0.339 e. The predicted octanol–water partition coefficient (Wildman–Crippen LogP) is 1.75. The van der Waals surface area contributed by atoms with Gasteiger partial charge in [0.05, 0.1) is 0 Å². The van der Waals surface area contributed by atoms with Crippen molar-refractivity contribution in [2.75, 3.05) is 32.7 Å². The van der Waals surface area contributed by atoms with E-state index in [-0.39, 0.29) is 11.3 Å². The second-order valence-corrected chi connectivity index (χ2v) is 10.6. The van der Waals surface area contributed by atoms with Crippen molar-refractivity contribution in [2.45, 2.75) is 82.8 Å². The Hall–Kier alpha value is -1.14. The maximum Gasteiger partial charge on any atom is 0.228 e. The summed E-state index contributed by atoms with van der Waals surface area (Å²) in [4.78, 5) is 29.6. The van der Waals surface area contributed by atoms with E-state index >= 15 is 0 Å². The lowest BCUT2D eigenvalue weighted by Crippen LogP contribution is -2.54. The summed E-state index contributed by atoms with van der Waals surface area (Å²) in [6, 6.07) is 2.02. The number of carbonyl (C=O) groups excluding carboxylic acids is 2. The Labute approximate surface area is 175 Å². The topological polar surface area (TPSA) is 64.7 Å². The van der Waals surface area contributed by atoms with Crippen LogP contribution in [-0.2, 0) is 9.59 Å². The zero-order valence-corrected chi connectivity index (χ0v) is 18.0. The normalized spacial score (nSPS) is 39.1. The standard InChI is InChI=1S/C23H38N4O2/c1-23(9-10-23)22(29)27-14-12-26(13-15-27)21(28)17-4-2-16(3-5-17)18-6-7-19-20(25-18)8-11-24-19/h16-20,24-25H,2-15H2,1H3. The van der Waals surface area contributed by atoms with E-state index in [1.165, 1.54) is 32.1 Å². The maximum absolute atomic E-state index is 13.1. The summed E-state index contributed by atoms with van der Waals surface area (Å²) in [5, 5.41) is 7.55. The number of rotatable bonds is 3. The van der Waals surface area contributed by atoms with Gasteiger partial charge in [-0.1, -0.05) is 6.92 Å². The van der Waals surface area contributed by atoms with E-state index in [9.17, 15) is 9.59 Å². The molecule has 6 heteroatoms. The molecule has 6 nitrogen and oxygen atoms in total.